The molecule has 2 N–H and O–H groups in total. The van der Waals surface area contributed by atoms with Crippen LogP contribution in [0.1, 0.15) is 22.8 Å². The molecule has 0 atom stereocenters. The summed E-state index contributed by atoms with van der Waals surface area (Å²) in [5.74, 6) is 1.41. The lowest BCUT2D eigenvalue weighted by Gasteiger charge is -2.14. The Balaban J connectivity index is 2.42. The molecule has 144 valence electrons. The molecule has 2 rings (SSSR count). The van der Waals surface area contributed by atoms with Crippen molar-refractivity contribution in [1.82, 2.24) is 0 Å². The van der Waals surface area contributed by atoms with Crippen molar-refractivity contribution in [1.29, 1.82) is 0 Å². The molecule has 0 aliphatic rings. The topological polar surface area (TPSA) is 80.0 Å². The van der Waals surface area contributed by atoms with Crippen LogP contribution in [0.3, 0.4) is 0 Å². The number of methoxy groups -OCH3 is 3. The molecule has 0 aliphatic heterocycles. The maximum Gasteiger partial charge on any atom is 0.204 e. The van der Waals surface area contributed by atoms with Gasteiger partial charge in [-0.1, -0.05) is 11.6 Å². The second kappa shape index (κ2) is 9.19. The maximum absolute atomic E-state index is 12.7. The second-order valence-corrected chi connectivity index (χ2v) is 5.84. The fraction of sp³-hybridized carbons (Fsp3) is 0.250. The minimum absolute atomic E-state index is 0.00717. The summed E-state index contributed by atoms with van der Waals surface area (Å²) in [5, 5.41) is 0.00717. The van der Waals surface area contributed by atoms with Crippen molar-refractivity contribution in [2.24, 2.45) is 0 Å². The molecule has 0 radical (unpaired) electrons. The van der Waals surface area contributed by atoms with E-state index in [9.17, 15) is 4.79 Å². The molecule has 27 heavy (non-hydrogen) atoms. The minimum atomic E-state index is -0.366. The van der Waals surface area contributed by atoms with Gasteiger partial charge in [-0.25, -0.2) is 0 Å². The largest absolute Gasteiger partial charge is 0.493 e. The van der Waals surface area contributed by atoms with Crippen LogP contribution >= 0.6 is 11.6 Å². The molecule has 0 saturated heterocycles. The highest BCUT2D eigenvalue weighted by molar-refractivity contribution is 6.47. The number of carbonyl (C=O) groups excluding carboxylic acids is 1. The summed E-state index contributed by atoms with van der Waals surface area (Å²) in [5.41, 5.74) is 7.25. The van der Waals surface area contributed by atoms with E-state index in [1.54, 1.807) is 30.3 Å². The fourth-order valence-electron chi connectivity index (χ4n) is 2.53. The van der Waals surface area contributed by atoms with Gasteiger partial charge in [-0.3, -0.25) is 4.79 Å². The van der Waals surface area contributed by atoms with E-state index in [1.165, 1.54) is 27.4 Å². The van der Waals surface area contributed by atoms with Gasteiger partial charge in [0, 0.05) is 11.1 Å². The van der Waals surface area contributed by atoms with Crippen molar-refractivity contribution in [2.45, 2.75) is 6.92 Å². The monoisotopic (exact) mass is 391 g/mol. The van der Waals surface area contributed by atoms with Gasteiger partial charge < -0.3 is 24.7 Å². The quantitative estimate of drug-likeness (QED) is 0.413. The van der Waals surface area contributed by atoms with E-state index in [-0.39, 0.29) is 10.8 Å². The summed E-state index contributed by atoms with van der Waals surface area (Å²) in [7, 11) is 4.53. The smallest absolute Gasteiger partial charge is 0.204 e. The third-order valence-electron chi connectivity index (χ3n) is 3.81. The number of ether oxygens (including phenoxy) is 4. The lowest BCUT2D eigenvalue weighted by Crippen LogP contribution is -2.03. The van der Waals surface area contributed by atoms with E-state index in [0.717, 1.165) is 0 Å². The van der Waals surface area contributed by atoms with Crippen molar-refractivity contribution in [3.63, 3.8) is 0 Å². The normalized spacial score (nSPS) is 11.1. The Morgan fingerprint density at radius 3 is 2.33 bits per heavy atom. The number of hydrogen-bond donors (Lipinski definition) is 1. The molecule has 0 aliphatic carbocycles. The number of benzene rings is 2. The predicted molar refractivity (Wildman–Crippen MR) is 106 cm³/mol. The first-order chi connectivity index (χ1) is 13.0. The molecule has 0 heterocycles. The summed E-state index contributed by atoms with van der Waals surface area (Å²) in [4.78, 5) is 12.7. The van der Waals surface area contributed by atoms with Crippen molar-refractivity contribution in [3.05, 3.63) is 46.5 Å². The number of allylic oxidation sites excluding steroid dienone is 1. The van der Waals surface area contributed by atoms with Crippen LogP contribution < -0.4 is 24.7 Å². The Hall–Kier alpha value is -2.86. The molecular weight excluding hydrogens is 370 g/mol. The van der Waals surface area contributed by atoms with E-state index in [0.29, 0.717) is 46.4 Å². The third kappa shape index (κ3) is 4.46. The highest BCUT2D eigenvalue weighted by Gasteiger charge is 2.17. The Morgan fingerprint density at radius 1 is 1.04 bits per heavy atom. The van der Waals surface area contributed by atoms with Gasteiger partial charge in [0.25, 0.3) is 0 Å². The summed E-state index contributed by atoms with van der Waals surface area (Å²) < 4.78 is 21.4. The number of Topliss-reactive ketones (excluding diaryl/α,β-unsaturated/α-hetero) is 1. The molecule has 0 aromatic heterocycles. The van der Waals surface area contributed by atoms with Crippen LogP contribution in [0.15, 0.2) is 35.4 Å². The molecule has 0 bridgehead atoms. The van der Waals surface area contributed by atoms with Crippen molar-refractivity contribution >= 4 is 29.1 Å². The third-order valence-corrected chi connectivity index (χ3v) is 4.09. The average Bonchev–Trinajstić information content (AvgIpc) is 2.68. The summed E-state index contributed by atoms with van der Waals surface area (Å²) in [6.45, 7) is 2.28. The zero-order valence-corrected chi connectivity index (χ0v) is 16.4. The Labute approximate surface area is 163 Å². The number of nitrogen functional groups attached to an aromatic ring is 1. The summed E-state index contributed by atoms with van der Waals surface area (Å²) in [6.07, 6.45) is 1.52. The van der Waals surface area contributed by atoms with Crippen molar-refractivity contribution < 1.29 is 23.7 Å². The fourth-order valence-corrected chi connectivity index (χ4v) is 2.76. The molecule has 0 fully saturated rings. The first-order valence-corrected chi connectivity index (χ1v) is 8.57. The zero-order valence-electron chi connectivity index (χ0n) is 15.7. The molecule has 6 nitrogen and oxygen atoms in total. The number of rotatable bonds is 8. The molecular formula is C20H22ClNO5. The lowest BCUT2D eigenvalue weighted by molar-refractivity contribution is 0.104. The predicted octanol–water partition coefficient (Wildman–Crippen LogP) is 4.16. The van der Waals surface area contributed by atoms with E-state index >= 15 is 0 Å². The van der Waals surface area contributed by atoms with Gasteiger partial charge in [0.15, 0.2) is 11.5 Å². The molecule has 2 aromatic rings. The van der Waals surface area contributed by atoms with Crippen molar-refractivity contribution in [3.8, 4) is 23.0 Å². The maximum atomic E-state index is 12.7. The van der Waals surface area contributed by atoms with Gasteiger partial charge in [0.05, 0.1) is 38.7 Å². The van der Waals surface area contributed by atoms with Gasteiger partial charge >= 0.3 is 0 Å². The molecule has 0 unspecified atom stereocenters. The van der Waals surface area contributed by atoms with Crippen molar-refractivity contribution in [2.75, 3.05) is 33.7 Å². The Bertz CT molecular complexity index is 864. The summed E-state index contributed by atoms with van der Waals surface area (Å²) >= 11 is 6.28. The second-order valence-electron chi connectivity index (χ2n) is 5.43. The van der Waals surface area contributed by atoms with E-state index in [4.69, 9.17) is 36.3 Å². The lowest BCUT2D eigenvalue weighted by atomic mass is 10.1. The van der Waals surface area contributed by atoms with E-state index in [1.807, 2.05) is 6.92 Å². The molecule has 0 amide bonds. The molecule has 0 saturated carbocycles. The van der Waals surface area contributed by atoms with E-state index in [2.05, 4.69) is 0 Å². The van der Waals surface area contributed by atoms with Crippen LogP contribution in [0, 0.1) is 0 Å². The first-order valence-electron chi connectivity index (χ1n) is 8.19. The highest BCUT2D eigenvalue weighted by Crippen LogP contribution is 2.41. The number of hydrogen-bond acceptors (Lipinski definition) is 6. The van der Waals surface area contributed by atoms with Crippen LogP contribution in [-0.2, 0) is 0 Å². The van der Waals surface area contributed by atoms with Crippen LogP contribution in [-0.4, -0.2) is 33.7 Å². The van der Waals surface area contributed by atoms with Gasteiger partial charge in [-0.05, 0) is 43.3 Å². The molecule has 7 heteroatoms. The zero-order chi connectivity index (χ0) is 20.0. The number of nitrogens with two attached hydrogens (primary N) is 1. The Morgan fingerprint density at radius 2 is 1.74 bits per heavy atom. The summed E-state index contributed by atoms with van der Waals surface area (Å²) in [6, 6.07) is 8.22. The van der Waals surface area contributed by atoms with Crippen LogP contribution in [0.4, 0.5) is 5.69 Å². The standard InChI is InChI=1S/C20H22ClNO5/c1-5-27-17-11-12(6-8-15(17)22)18(23)14(21)10-13-7-9-16(24-2)20(26-4)19(13)25-3/h6-11H,5,22H2,1-4H3/b14-10+. The van der Waals surface area contributed by atoms with Crippen LogP contribution in [0.5, 0.6) is 23.0 Å². The van der Waals surface area contributed by atoms with Crippen LogP contribution in [0.25, 0.3) is 6.08 Å². The van der Waals surface area contributed by atoms with Crippen LogP contribution in [0.2, 0.25) is 0 Å². The highest BCUT2D eigenvalue weighted by atomic mass is 35.5. The number of anilines is 1. The minimum Gasteiger partial charge on any atom is -0.493 e. The van der Waals surface area contributed by atoms with Gasteiger partial charge in [0.1, 0.15) is 5.75 Å². The number of ketones is 1. The Kier molecular flexibility index (Phi) is 6.96. The van der Waals surface area contributed by atoms with E-state index < -0.39 is 0 Å². The number of halogens is 1. The molecule has 0 spiro atoms. The molecule has 2 aromatic carbocycles. The number of carbonyl (C=O) groups is 1. The van der Waals surface area contributed by atoms with Gasteiger partial charge in [-0.2, -0.15) is 0 Å². The van der Waals surface area contributed by atoms with Gasteiger partial charge in [-0.15, -0.1) is 0 Å². The first kappa shape index (κ1) is 20.5. The van der Waals surface area contributed by atoms with Gasteiger partial charge in [0.2, 0.25) is 11.5 Å². The average molecular weight is 392 g/mol. The SMILES string of the molecule is CCOc1cc(C(=O)/C(Cl)=C\c2ccc(OC)c(OC)c2OC)ccc1N.